The van der Waals surface area contributed by atoms with Crippen LogP contribution in [0.5, 0.6) is 0 Å². The van der Waals surface area contributed by atoms with E-state index in [4.69, 9.17) is 0 Å². The van der Waals surface area contributed by atoms with Gasteiger partial charge in [0.15, 0.2) is 0 Å². The van der Waals surface area contributed by atoms with Gasteiger partial charge in [-0.15, -0.1) is 0 Å². The zero-order valence-electron chi connectivity index (χ0n) is 12.7. The maximum atomic E-state index is 9.48. The van der Waals surface area contributed by atoms with Gasteiger partial charge in [0.25, 0.3) is 0 Å². The Morgan fingerprint density at radius 1 is 1.11 bits per heavy atom. The van der Waals surface area contributed by atoms with Crippen molar-refractivity contribution < 1.29 is 0 Å². The number of rotatable bonds is 3. The van der Waals surface area contributed by atoms with Crippen LogP contribution in [0, 0.1) is 34.5 Å². The van der Waals surface area contributed by atoms with E-state index in [0.717, 1.165) is 24.2 Å². The lowest BCUT2D eigenvalue weighted by Crippen LogP contribution is -2.51. The molecule has 1 atom stereocenters. The molecule has 19 heavy (non-hydrogen) atoms. The van der Waals surface area contributed by atoms with Crippen molar-refractivity contribution in [3.63, 3.8) is 0 Å². The molecule has 106 valence electrons. The van der Waals surface area contributed by atoms with Crippen LogP contribution in [0.3, 0.4) is 0 Å². The second kappa shape index (κ2) is 4.48. The van der Waals surface area contributed by atoms with Crippen LogP contribution in [0.25, 0.3) is 0 Å². The van der Waals surface area contributed by atoms with Gasteiger partial charge >= 0.3 is 0 Å². The molecule has 0 spiro atoms. The fourth-order valence-corrected chi connectivity index (χ4v) is 5.62. The van der Waals surface area contributed by atoms with E-state index in [1.807, 2.05) is 0 Å². The Labute approximate surface area is 118 Å². The minimum Gasteiger partial charge on any atom is -0.297 e. The van der Waals surface area contributed by atoms with Crippen molar-refractivity contribution in [2.45, 2.75) is 77.3 Å². The Morgan fingerprint density at radius 3 is 1.95 bits per heavy atom. The molecule has 0 radical (unpaired) electrons. The number of nitrogens with one attached hydrogen (secondary N) is 1. The zero-order chi connectivity index (χ0) is 13.7. The quantitative estimate of drug-likeness (QED) is 0.836. The second-order valence-corrected chi connectivity index (χ2v) is 8.70. The average molecular weight is 260 g/mol. The molecule has 0 amide bonds. The Kier molecular flexibility index (Phi) is 3.17. The van der Waals surface area contributed by atoms with Crippen LogP contribution in [0.2, 0.25) is 0 Å². The van der Waals surface area contributed by atoms with Crippen molar-refractivity contribution in [3.05, 3.63) is 0 Å². The van der Waals surface area contributed by atoms with Gasteiger partial charge in [0.2, 0.25) is 0 Å². The molecule has 4 fully saturated rings. The van der Waals surface area contributed by atoms with Crippen LogP contribution in [-0.2, 0) is 0 Å². The van der Waals surface area contributed by atoms with Gasteiger partial charge in [0.1, 0.15) is 0 Å². The maximum absolute atomic E-state index is 9.48. The van der Waals surface area contributed by atoms with Crippen LogP contribution in [-0.4, -0.2) is 11.6 Å². The summed E-state index contributed by atoms with van der Waals surface area (Å²) in [5.41, 5.74) is 0.552. The molecule has 2 nitrogen and oxygen atoms in total. The molecule has 0 aromatic heterocycles. The fraction of sp³-hybridized carbons (Fsp3) is 0.941. The van der Waals surface area contributed by atoms with Gasteiger partial charge < -0.3 is 0 Å². The highest BCUT2D eigenvalue weighted by Gasteiger charge is 2.51. The molecule has 1 N–H and O–H groups in total. The maximum Gasteiger partial charge on any atom is 0.0962 e. The second-order valence-electron chi connectivity index (χ2n) is 8.70. The first kappa shape index (κ1) is 13.4. The summed E-state index contributed by atoms with van der Waals surface area (Å²) in [4.78, 5) is 0. The highest BCUT2D eigenvalue weighted by molar-refractivity contribution is 5.06. The van der Waals surface area contributed by atoms with E-state index < -0.39 is 0 Å². The third kappa shape index (κ3) is 2.82. The predicted octanol–water partition coefficient (Wildman–Crippen LogP) is 3.87. The van der Waals surface area contributed by atoms with Crippen molar-refractivity contribution in [3.8, 4) is 6.07 Å². The molecule has 2 heteroatoms. The van der Waals surface area contributed by atoms with Gasteiger partial charge in [-0.2, -0.15) is 5.26 Å². The molecule has 0 aliphatic heterocycles. The normalized spacial score (nSPS) is 42.1. The van der Waals surface area contributed by atoms with Crippen LogP contribution >= 0.6 is 0 Å². The lowest BCUT2D eigenvalue weighted by Gasteiger charge is -2.57. The van der Waals surface area contributed by atoms with E-state index in [0.29, 0.717) is 5.41 Å². The van der Waals surface area contributed by atoms with E-state index in [1.54, 1.807) is 0 Å². The van der Waals surface area contributed by atoms with Gasteiger partial charge in [0.05, 0.1) is 12.1 Å². The molecule has 4 bridgehead atoms. The van der Waals surface area contributed by atoms with E-state index in [2.05, 4.69) is 32.2 Å². The molecular formula is C17H28N2. The lowest BCUT2D eigenvalue weighted by atomic mass is 9.48. The molecule has 1 unspecified atom stereocenters. The third-order valence-electron chi connectivity index (χ3n) is 5.57. The Hall–Kier alpha value is -0.550. The fourth-order valence-electron chi connectivity index (χ4n) is 5.62. The standard InChI is InChI=1S/C17H28N2/c1-16(2,3)19-15(11-18)10-17-7-12-4-13(8-17)6-14(5-12)9-17/h12-15,19H,4-10H2,1-3H3. The minimum absolute atomic E-state index is 0.0382. The third-order valence-corrected chi connectivity index (χ3v) is 5.57. The van der Waals surface area contributed by atoms with Gasteiger partial charge in [-0.05, 0) is 88.9 Å². The molecule has 0 saturated heterocycles. The van der Waals surface area contributed by atoms with Crippen LogP contribution < -0.4 is 5.32 Å². The summed E-state index contributed by atoms with van der Waals surface area (Å²) >= 11 is 0. The van der Waals surface area contributed by atoms with Gasteiger partial charge in [-0.1, -0.05) is 0 Å². The van der Waals surface area contributed by atoms with E-state index >= 15 is 0 Å². The summed E-state index contributed by atoms with van der Waals surface area (Å²) in [6.45, 7) is 6.49. The number of nitrogens with zero attached hydrogens (tertiary/aromatic N) is 1. The van der Waals surface area contributed by atoms with Gasteiger partial charge in [0, 0.05) is 5.54 Å². The SMILES string of the molecule is CC(C)(C)NC(C#N)CC12CC3CC(CC(C3)C1)C2. The molecule has 4 rings (SSSR count). The molecule has 0 aromatic carbocycles. The number of hydrogen-bond acceptors (Lipinski definition) is 2. The van der Waals surface area contributed by atoms with Gasteiger partial charge in [-0.3, -0.25) is 5.32 Å². The highest BCUT2D eigenvalue weighted by atomic mass is 15.0. The first-order valence-electron chi connectivity index (χ1n) is 8.05. The van der Waals surface area contributed by atoms with Crippen molar-refractivity contribution in [2.75, 3.05) is 0 Å². The Morgan fingerprint density at radius 2 is 1.58 bits per heavy atom. The lowest BCUT2D eigenvalue weighted by molar-refractivity contribution is -0.0603. The smallest absolute Gasteiger partial charge is 0.0962 e. The van der Waals surface area contributed by atoms with E-state index in [9.17, 15) is 5.26 Å². The average Bonchev–Trinajstić information content (AvgIpc) is 2.23. The summed E-state index contributed by atoms with van der Waals surface area (Å²) in [6.07, 6.45) is 9.77. The Bertz CT molecular complexity index is 350. The van der Waals surface area contributed by atoms with E-state index in [1.165, 1.54) is 38.5 Å². The number of hydrogen-bond donors (Lipinski definition) is 1. The summed E-state index contributed by atoms with van der Waals surface area (Å²) in [5, 5.41) is 13.0. The summed E-state index contributed by atoms with van der Waals surface area (Å²) in [7, 11) is 0. The first-order chi connectivity index (χ1) is 8.87. The minimum atomic E-state index is 0.0382. The Balaban J connectivity index is 1.70. The largest absolute Gasteiger partial charge is 0.297 e. The summed E-state index contributed by atoms with van der Waals surface area (Å²) in [5.74, 6) is 2.96. The van der Waals surface area contributed by atoms with Crippen molar-refractivity contribution in [2.24, 2.45) is 23.2 Å². The van der Waals surface area contributed by atoms with Crippen LogP contribution in [0.4, 0.5) is 0 Å². The molecule has 0 heterocycles. The van der Waals surface area contributed by atoms with Gasteiger partial charge in [-0.25, -0.2) is 0 Å². The monoisotopic (exact) mass is 260 g/mol. The van der Waals surface area contributed by atoms with Crippen LogP contribution in [0.1, 0.15) is 65.7 Å². The topological polar surface area (TPSA) is 35.8 Å². The predicted molar refractivity (Wildman–Crippen MR) is 77.5 cm³/mol. The molecule has 4 aliphatic rings. The molecule has 4 aliphatic carbocycles. The summed E-state index contributed by atoms with van der Waals surface area (Å²) in [6, 6.07) is 2.56. The molecular weight excluding hydrogens is 232 g/mol. The van der Waals surface area contributed by atoms with Crippen molar-refractivity contribution in [1.29, 1.82) is 5.26 Å². The van der Waals surface area contributed by atoms with E-state index in [-0.39, 0.29) is 11.6 Å². The van der Waals surface area contributed by atoms with Crippen LogP contribution in [0.15, 0.2) is 0 Å². The summed E-state index contributed by atoms with van der Waals surface area (Å²) < 4.78 is 0. The van der Waals surface area contributed by atoms with Crippen molar-refractivity contribution in [1.82, 2.24) is 5.32 Å². The first-order valence-corrected chi connectivity index (χ1v) is 8.05. The van der Waals surface area contributed by atoms with Crippen molar-refractivity contribution >= 4 is 0 Å². The molecule has 4 saturated carbocycles. The highest BCUT2D eigenvalue weighted by Crippen LogP contribution is 2.61. The zero-order valence-corrected chi connectivity index (χ0v) is 12.7. The number of nitriles is 1. The molecule has 0 aromatic rings.